The fraction of sp³-hybridized carbons (Fsp3) is 0.222. The lowest BCUT2D eigenvalue weighted by molar-refractivity contribution is 0.0954. The summed E-state index contributed by atoms with van der Waals surface area (Å²) in [6.07, 6.45) is 0. The quantitative estimate of drug-likeness (QED) is 0.364. The van der Waals surface area contributed by atoms with Gasteiger partial charge in [-0.2, -0.15) is 0 Å². The first-order valence-electron chi connectivity index (χ1n) is 4.13. The summed E-state index contributed by atoms with van der Waals surface area (Å²) in [4.78, 5) is 11.2. The Balaban J connectivity index is 2.97. The number of nitrogens with two attached hydrogens (primary N) is 1. The normalized spacial score (nSPS) is 9.38. The molecule has 0 fully saturated rings. The van der Waals surface area contributed by atoms with Gasteiger partial charge < -0.3 is 5.32 Å². The van der Waals surface area contributed by atoms with Crippen molar-refractivity contribution in [2.45, 2.75) is 6.92 Å². The summed E-state index contributed by atoms with van der Waals surface area (Å²) in [5, 5.41) is 3.07. The summed E-state index contributed by atoms with van der Waals surface area (Å²) in [6.45, 7) is 2.74. The maximum atomic E-state index is 11.2. The Morgan fingerprint density at radius 1 is 1.46 bits per heavy atom. The number of benzene rings is 1. The predicted octanol–water partition coefficient (Wildman–Crippen LogP) is 0.722. The fourth-order valence-electron chi connectivity index (χ4n) is 1.10. The number of para-hydroxylation sites is 1. The van der Waals surface area contributed by atoms with E-state index >= 15 is 0 Å². The molecular weight excluding hydrogens is 166 g/mol. The summed E-state index contributed by atoms with van der Waals surface area (Å²) < 4.78 is 0. The van der Waals surface area contributed by atoms with Crippen LogP contribution in [-0.4, -0.2) is 12.5 Å². The minimum absolute atomic E-state index is 0.281. The van der Waals surface area contributed by atoms with E-state index in [0.717, 1.165) is 12.2 Å². The highest BCUT2D eigenvalue weighted by Crippen LogP contribution is 2.13. The fourth-order valence-corrected chi connectivity index (χ4v) is 1.10. The van der Waals surface area contributed by atoms with Crippen LogP contribution in [0.5, 0.6) is 0 Å². The van der Waals surface area contributed by atoms with Crippen molar-refractivity contribution in [3.8, 4) is 0 Å². The Morgan fingerprint density at radius 3 is 2.77 bits per heavy atom. The average Bonchev–Trinajstić information content (AvgIpc) is 2.18. The number of rotatable bonds is 3. The lowest BCUT2D eigenvalue weighted by Crippen LogP contribution is -2.30. The van der Waals surface area contributed by atoms with E-state index < -0.39 is 0 Å². The molecule has 13 heavy (non-hydrogen) atoms. The van der Waals surface area contributed by atoms with Crippen LogP contribution in [0.4, 0.5) is 5.69 Å². The average molecular weight is 179 g/mol. The Labute approximate surface area is 77.1 Å². The van der Waals surface area contributed by atoms with Crippen molar-refractivity contribution in [2.24, 2.45) is 5.84 Å². The van der Waals surface area contributed by atoms with Crippen LogP contribution in [0.15, 0.2) is 24.3 Å². The van der Waals surface area contributed by atoms with E-state index in [-0.39, 0.29) is 5.91 Å². The minimum atomic E-state index is -0.281. The van der Waals surface area contributed by atoms with Gasteiger partial charge in [0.15, 0.2) is 0 Å². The van der Waals surface area contributed by atoms with Crippen molar-refractivity contribution in [3.63, 3.8) is 0 Å². The van der Waals surface area contributed by atoms with Gasteiger partial charge in [0.2, 0.25) is 0 Å². The lowest BCUT2D eigenvalue weighted by Gasteiger charge is -2.08. The topological polar surface area (TPSA) is 67.2 Å². The molecule has 0 spiro atoms. The Morgan fingerprint density at radius 2 is 2.15 bits per heavy atom. The van der Waals surface area contributed by atoms with Gasteiger partial charge >= 0.3 is 0 Å². The van der Waals surface area contributed by atoms with Crippen LogP contribution in [0.1, 0.15) is 17.3 Å². The molecule has 0 aromatic heterocycles. The highest BCUT2D eigenvalue weighted by atomic mass is 16.2. The van der Waals surface area contributed by atoms with E-state index in [4.69, 9.17) is 5.84 Å². The highest BCUT2D eigenvalue weighted by Gasteiger charge is 2.07. The molecule has 0 saturated heterocycles. The van der Waals surface area contributed by atoms with Crippen molar-refractivity contribution in [2.75, 3.05) is 11.9 Å². The number of carbonyl (C=O) groups is 1. The van der Waals surface area contributed by atoms with Crippen molar-refractivity contribution in [1.82, 2.24) is 5.43 Å². The van der Waals surface area contributed by atoms with Gasteiger partial charge in [-0.3, -0.25) is 10.2 Å². The number of nitrogens with one attached hydrogen (secondary N) is 2. The van der Waals surface area contributed by atoms with Crippen molar-refractivity contribution in [1.29, 1.82) is 0 Å². The highest BCUT2D eigenvalue weighted by molar-refractivity contribution is 5.99. The molecule has 0 bridgehead atoms. The molecule has 1 rings (SSSR count). The zero-order valence-electron chi connectivity index (χ0n) is 7.50. The number of carbonyl (C=O) groups excluding carboxylic acids is 1. The van der Waals surface area contributed by atoms with Gasteiger partial charge in [-0.05, 0) is 19.1 Å². The molecule has 0 radical (unpaired) electrons. The summed E-state index contributed by atoms with van der Waals surface area (Å²) in [5.74, 6) is 4.76. The molecular formula is C9H13N3O. The first kappa shape index (κ1) is 9.54. The number of hydrogen-bond donors (Lipinski definition) is 3. The number of anilines is 1. The Kier molecular flexibility index (Phi) is 3.28. The van der Waals surface area contributed by atoms with Gasteiger partial charge in [0, 0.05) is 12.2 Å². The minimum Gasteiger partial charge on any atom is -0.385 e. The van der Waals surface area contributed by atoms with Crippen LogP contribution in [0.25, 0.3) is 0 Å². The van der Waals surface area contributed by atoms with Crippen LogP contribution < -0.4 is 16.6 Å². The summed E-state index contributed by atoms with van der Waals surface area (Å²) >= 11 is 0. The molecule has 0 aliphatic carbocycles. The van der Waals surface area contributed by atoms with Crippen LogP contribution in [0.2, 0.25) is 0 Å². The zero-order valence-corrected chi connectivity index (χ0v) is 7.50. The number of hydrogen-bond acceptors (Lipinski definition) is 3. The summed E-state index contributed by atoms with van der Waals surface area (Å²) in [6, 6.07) is 7.23. The van der Waals surface area contributed by atoms with Crippen molar-refractivity contribution >= 4 is 11.6 Å². The Bertz CT molecular complexity index is 299. The van der Waals surface area contributed by atoms with E-state index in [1.165, 1.54) is 0 Å². The van der Waals surface area contributed by atoms with Gasteiger partial charge in [-0.1, -0.05) is 12.1 Å². The van der Waals surface area contributed by atoms with E-state index in [9.17, 15) is 4.79 Å². The molecule has 0 aliphatic heterocycles. The van der Waals surface area contributed by atoms with Gasteiger partial charge in [0.1, 0.15) is 0 Å². The van der Waals surface area contributed by atoms with Crippen LogP contribution in [-0.2, 0) is 0 Å². The molecule has 0 unspecified atom stereocenters. The molecule has 1 amide bonds. The second kappa shape index (κ2) is 4.47. The van der Waals surface area contributed by atoms with E-state index in [1.54, 1.807) is 12.1 Å². The van der Waals surface area contributed by atoms with E-state index in [2.05, 4.69) is 10.7 Å². The van der Waals surface area contributed by atoms with Crippen LogP contribution >= 0.6 is 0 Å². The third-order valence-electron chi connectivity index (χ3n) is 1.67. The van der Waals surface area contributed by atoms with Crippen molar-refractivity contribution in [3.05, 3.63) is 29.8 Å². The second-order valence-corrected chi connectivity index (χ2v) is 2.55. The first-order chi connectivity index (χ1) is 6.29. The number of hydrazine groups is 1. The molecule has 1 aromatic rings. The monoisotopic (exact) mass is 179 g/mol. The van der Waals surface area contributed by atoms with Gasteiger partial charge in [-0.25, -0.2) is 5.84 Å². The molecule has 4 nitrogen and oxygen atoms in total. The lowest BCUT2D eigenvalue weighted by atomic mass is 10.1. The Hall–Kier alpha value is -1.55. The third-order valence-corrected chi connectivity index (χ3v) is 1.67. The molecule has 0 heterocycles. The molecule has 1 aromatic carbocycles. The largest absolute Gasteiger partial charge is 0.385 e. The standard InChI is InChI=1S/C9H13N3O/c1-2-11-8-6-4-3-5-7(8)9(13)12-10/h3-6,11H,2,10H2,1H3,(H,12,13). The van der Waals surface area contributed by atoms with E-state index in [1.807, 2.05) is 19.1 Å². The molecule has 4 heteroatoms. The van der Waals surface area contributed by atoms with Crippen LogP contribution in [0.3, 0.4) is 0 Å². The molecule has 4 N–H and O–H groups in total. The zero-order chi connectivity index (χ0) is 9.68. The van der Waals surface area contributed by atoms with Gasteiger partial charge in [0.25, 0.3) is 5.91 Å². The maximum Gasteiger partial charge on any atom is 0.267 e. The third kappa shape index (κ3) is 2.19. The number of nitrogen functional groups attached to an aromatic ring is 1. The maximum absolute atomic E-state index is 11.2. The predicted molar refractivity (Wildman–Crippen MR) is 52.3 cm³/mol. The first-order valence-corrected chi connectivity index (χ1v) is 4.13. The van der Waals surface area contributed by atoms with Crippen LogP contribution in [0, 0.1) is 0 Å². The number of amides is 1. The summed E-state index contributed by atoms with van der Waals surface area (Å²) in [5.41, 5.74) is 3.46. The summed E-state index contributed by atoms with van der Waals surface area (Å²) in [7, 11) is 0. The molecule has 70 valence electrons. The molecule has 0 saturated carbocycles. The molecule has 0 atom stereocenters. The smallest absolute Gasteiger partial charge is 0.267 e. The SMILES string of the molecule is CCNc1ccccc1C(=O)NN. The van der Waals surface area contributed by atoms with Crippen molar-refractivity contribution < 1.29 is 4.79 Å². The van der Waals surface area contributed by atoms with Gasteiger partial charge in [-0.15, -0.1) is 0 Å². The van der Waals surface area contributed by atoms with Gasteiger partial charge in [0.05, 0.1) is 5.56 Å². The van der Waals surface area contributed by atoms with E-state index in [0.29, 0.717) is 5.56 Å². The second-order valence-electron chi connectivity index (χ2n) is 2.55. The molecule has 0 aliphatic rings.